The van der Waals surface area contributed by atoms with Gasteiger partial charge >= 0.3 is 0 Å². The highest BCUT2D eigenvalue weighted by atomic mass is 16.5. The van der Waals surface area contributed by atoms with E-state index in [9.17, 15) is 4.79 Å². The number of piperidine rings is 2. The largest absolute Gasteiger partial charge is 0.377 e. The van der Waals surface area contributed by atoms with Gasteiger partial charge in [0.05, 0.1) is 22.9 Å². The van der Waals surface area contributed by atoms with E-state index in [-0.39, 0.29) is 17.4 Å². The molecule has 1 aromatic heterocycles. The molecule has 2 atom stereocenters. The van der Waals surface area contributed by atoms with Crippen molar-refractivity contribution < 1.29 is 9.53 Å². The maximum Gasteiger partial charge on any atom is 0.230 e. The molecule has 2 aromatic rings. The monoisotopic (exact) mass is 408 g/mol. The molecule has 160 valence electrons. The Bertz CT molecular complexity index is 842. The van der Waals surface area contributed by atoms with E-state index in [0.717, 1.165) is 50.3 Å². The molecule has 0 N–H and O–H groups in total. The van der Waals surface area contributed by atoms with Crippen molar-refractivity contribution in [3.8, 4) is 0 Å². The molecule has 6 nitrogen and oxygen atoms in total. The molecule has 0 unspecified atom stereocenters. The van der Waals surface area contributed by atoms with Crippen molar-refractivity contribution in [2.24, 2.45) is 5.41 Å². The van der Waals surface area contributed by atoms with E-state index in [4.69, 9.17) is 4.74 Å². The van der Waals surface area contributed by atoms with Crippen molar-refractivity contribution in [1.29, 1.82) is 0 Å². The number of rotatable bonds is 6. The van der Waals surface area contributed by atoms with E-state index < -0.39 is 0 Å². The van der Waals surface area contributed by atoms with Crippen molar-refractivity contribution in [2.75, 3.05) is 26.2 Å². The third kappa shape index (κ3) is 4.71. The zero-order valence-electron chi connectivity index (χ0n) is 18.1. The van der Waals surface area contributed by atoms with Gasteiger partial charge in [-0.25, -0.2) is 0 Å². The number of nitrogens with zero attached hydrogens (tertiary/aromatic N) is 4. The fourth-order valence-electron chi connectivity index (χ4n) is 4.97. The Morgan fingerprint density at radius 2 is 2.00 bits per heavy atom. The van der Waals surface area contributed by atoms with Crippen molar-refractivity contribution in [3.05, 3.63) is 59.7 Å². The van der Waals surface area contributed by atoms with Gasteiger partial charge in [0.25, 0.3) is 0 Å². The van der Waals surface area contributed by atoms with Gasteiger partial charge in [-0.2, -0.15) is 0 Å². The highest BCUT2D eigenvalue weighted by Gasteiger charge is 2.49. The fraction of sp³-hybridized carbons (Fsp3) is 0.542. The molecule has 0 bridgehead atoms. The summed E-state index contributed by atoms with van der Waals surface area (Å²) in [5.41, 5.74) is 2.68. The van der Waals surface area contributed by atoms with Crippen LogP contribution < -0.4 is 0 Å². The van der Waals surface area contributed by atoms with Crippen LogP contribution in [0.5, 0.6) is 0 Å². The van der Waals surface area contributed by atoms with Crippen molar-refractivity contribution in [2.45, 2.75) is 52.3 Å². The first-order chi connectivity index (χ1) is 14.6. The van der Waals surface area contributed by atoms with Gasteiger partial charge in [0.15, 0.2) is 0 Å². The quantitative estimate of drug-likeness (QED) is 0.735. The summed E-state index contributed by atoms with van der Waals surface area (Å²) in [5, 5.41) is 0. The number of benzene rings is 1. The number of aryl methyl sites for hydroxylation is 1. The molecule has 0 radical (unpaired) electrons. The second kappa shape index (κ2) is 9.23. The van der Waals surface area contributed by atoms with Crippen LogP contribution in [-0.2, 0) is 22.6 Å². The summed E-state index contributed by atoms with van der Waals surface area (Å²) in [4.78, 5) is 27.0. The molecule has 2 saturated heterocycles. The van der Waals surface area contributed by atoms with E-state index in [1.807, 2.05) is 49.3 Å². The molecule has 30 heavy (non-hydrogen) atoms. The molecule has 0 saturated carbocycles. The molecule has 6 heteroatoms. The van der Waals surface area contributed by atoms with Gasteiger partial charge in [0.2, 0.25) is 5.91 Å². The van der Waals surface area contributed by atoms with Crippen molar-refractivity contribution in [1.82, 2.24) is 19.8 Å². The molecular weight excluding hydrogens is 376 g/mol. The van der Waals surface area contributed by atoms with Gasteiger partial charge in [0.1, 0.15) is 0 Å². The number of hydrogen-bond acceptors (Lipinski definition) is 5. The summed E-state index contributed by atoms with van der Waals surface area (Å²) in [6, 6.07) is 10.3. The van der Waals surface area contributed by atoms with Crippen LogP contribution in [0.4, 0.5) is 0 Å². The number of likely N-dealkylation sites (tertiary alicyclic amines) is 2. The van der Waals surface area contributed by atoms with Crippen LogP contribution in [0, 0.1) is 12.3 Å². The average Bonchev–Trinajstić information content (AvgIpc) is 2.75. The number of carbonyl (C=O) groups is 1. The Kier molecular flexibility index (Phi) is 6.44. The van der Waals surface area contributed by atoms with Crippen LogP contribution >= 0.6 is 0 Å². The first-order valence-corrected chi connectivity index (χ1v) is 11.0. The Balaban J connectivity index is 1.52. The summed E-state index contributed by atoms with van der Waals surface area (Å²) in [6.45, 7) is 8.47. The second-order valence-electron chi connectivity index (χ2n) is 8.70. The molecule has 2 aliphatic rings. The maximum atomic E-state index is 13.7. The lowest BCUT2D eigenvalue weighted by atomic mass is 9.72. The van der Waals surface area contributed by atoms with Gasteiger partial charge in [-0.15, -0.1) is 0 Å². The van der Waals surface area contributed by atoms with E-state index in [1.54, 1.807) is 0 Å². The zero-order valence-corrected chi connectivity index (χ0v) is 18.1. The lowest BCUT2D eigenvalue weighted by Gasteiger charge is -2.49. The molecule has 0 aliphatic carbocycles. The second-order valence-corrected chi connectivity index (χ2v) is 8.70. The van der Waals surface area contributed by atoms with Crippen LogP contribution in [0.2, 0.25) is 0 Å². The van der Waals surface area contributed by atoms with Crippen molar-refractivity contribution >= 4 is 5.91 Å². The fourth-order valence-corrected chi connectivity index (χ4v) is 4.97. The molecule has 4 rings (SSSR count). The van der Waals surface area contributed by atoms with Gasteiger partial charge in [0, 0.05) is 45.2 Å². The van der Waals surface area contributed by atoms with Gasteiger partial charge in [-0.05, 0) is 45.2 Å². The summed E-state index contributed by atoms with van der Waals surface area (Å²) < 4.78 is 6.06. The molecule has 3 heterocycles. The standard InChI is InChI=1S/C24H32N4O2/c1-3-30-22-12-24(23(29)28(17-22)15-20-8-5-4-6-9-20)10-7-11-27(18-24)16-21-14-25-19(2)13-26-21/h4-6,8-9,13-14,22H,3,7,10-12,15-18H2,1-2H3/t22-,24-/m0/s1. The van der Waals surface area contributed by atoms with E-state index in [0.29, 0.717) is 19.7 Å². The molecule has 2 fully saturated rings. The Hall–Kier alpha value is -2.31. The highest BCUT2D eigenvalue weighted by molar-refractivity contribution is 5.84. The molecular formula is C24H32N4O2. The van der Waals surface area contributed by atoms with Crippen LogP contribution in [0.15, 0.2) is 42.7 Å². The van der Waals surface area contributed by atoms with Crippen LogP contribution in [0.3, 0.4) is 0 Å². The maximum absolute atomic E-state index is 13.7. The van der Waals surface area contributed by atoms with Crippen LogP contribution in [0.1, 0.15) is 43.1 Å². The number of ether oxygens (including phenoxy) is 1. The highest BCUT2D eigenvalue weighted by Crippen LogP contribution is 2.41. The number of amides is 1. The smallest absolute Gasteiger partial charge is 0.230 e. The third-order valence-electron chi connectivity index (χ3n) is 6.28. The lowest BCUT2D eigenvalue weighted by Crippen LogP contribution is -2.59. The summed E-state index contributed by atoms with van der Waals surface area (Å²) in [7, 11) is 0. The molecule has 1 spiro atoms. The SMILES string of the molecule is CCO[C@@H]1CN(Cc2ccccc2)C(=O)[C@@]2(CCCN(Cc3cnc(C)cn3)C2)C1. The average molecular weight is 409 g/mol. The van der Waals surface area contributed by atoms with Gasteiger partial charge in [-0.1, -0.05) is 30.3 Å². The Morgan fingerprint density at radius 1 is 1.17 bits per heavy atom. The van der Waals surface area contributed by atoms with Gasteiger partial charge < -0.3 is 9.64 Å². The predicted molar refractivity (Wildman–Crippen MR) is 116 cm³/mol. The minimum atomic E-state index is -0.372. The predicted octanol–water partition coefficient (Wildman–Crippen LogP) is 3.20. The molecule has 1 amide bonds. The van der Waals surface area contributed by atoms with E-state index >= 15 is 0 Å². The van der Waals surface area contributed by atoms with Crippen molar-refractivity contribution in [3.63, 3.8) is 0 Å². The van der Waals surface area contributed by atoms with Crippen LogP contribution in [-0.4, -0.2) is 58.0 Å². The number of carbonyl (C=O) groups excluding carboxylic acids is 1. The first kappa shape index (κ1) is 20.9. The molecule has 1 aromatic carbocycles. The summed E-state index contributed by atoms with van der Waals surface area (Å²) in [5.74, 6) is 0.280. The van der Waals surface area contributed by atoms with Crippen LogP contribution in [0.25, 0.3) is 0 Å². The number of aromatic nitrogens is 2. The summed E-state index contributed by atoms with van der Waals surface area (Å²) in [6.07, 6.45) is 6.51. The van der Waals surface area contributed by atoms with E-state index in [1.165, 1.54) is 5.56 Å². The Labute approximate surface area is 179 Å². The molecule has 2 aliphatic heterocycles. The Morgan fingerprint density at radius 3 is 2.73 bits per heavy atom. The third-order valence-corrected chi connectivity index (χ3v) is 6.28. The normalized spacial score (nSPS) is 25.1. The lowest BCUT2D eigenvalue weighted by molar-refractivity contribution is -0.161. The van der Waals surface area contributed by atoms with E-state index in [2.05, 4.69) is 27.0 Å². The zero-order chi connectivity index (χ0) is 21.0. The van der Waals surface area contributed by atoms with Gasteiger partial charge in [-0.3, -0.25) is 19.7 Å². The number of hydrogen-bond donors (Lipinski definition) is 0. The topological polar surface area (TPSA) is 58.6 Å². The summed E-state index contributed by atoms with van der Waals surface area (Å²) >= 11 is 0. The minimum absolute atomic E-state index is 0.0931. The first-order valence-electron chi connectivity index (χ1n) is 11.0. The minimum Gasteiger partial charge on any atom is -0.377 e.